The fraction of sp³-hybridized carbons (Fsp3) is 0.652. The summed E-state index contributed by atoms with van der Waals surface area (Å²) in [4.78, 5) is 20.3. The fourth-order valence-corrected chi connectivity index (χ4v) is 4.67. The predicted octanol–water partition coefficient (Wildman–Crippen LogP) is 3.95. The third-order valence-corrected chi connectivity index (χ3v) is 6.38. The van der Waals surface area contributed by atoms with Crippen molar-refractivity contribution in [2.45, 2.75) is 52.1 Å². The molecule has 3 atom stereocenters. The number of rotatable bonds is 7. The Hall–Kier alpha value is -2.02. The van der Waals surface area contributed by atoms with Gasteiger partial charge in [-0.05, 0) is 44.3 Å². The smallest absolute Gasteiger partial charge is 0.269 e. The van der Waals surface area contributed by atoms with Gasteiger partial charge >= 0.3 is 0 Å². The number of hydrogen-bond acceptors (Lipinski definition) is 3. The highest BCUT2D eigenvalue weighted by molar-refractivity contribution is 5.89. The molecule has 1 amide bonds. The number of alkyl halides is 2. The molecule has 1 heterocycles. The molecule has 4 rings (SSSR count). The number of carbonyl (C=O) groups excluding carboxylic acids is 1. The average molecular weight is 425 g/mol. The molecule has 7 heteroatoms. The molecule has 0 spiro atoms. The van der Waals surface area contributed by atoms with Gasteiger partial charge in [-0.15, -0.1) is 0 Å². The Balaban J connectivity index is 0.00000156. The van der Waals surface area contributed by atoms with E-state index in [1.165, 1.54) is 6.08 Å². The Morgan fingerprint density at radius 3 is 2.23 bits per heavy atom. The molecule has 0 aromatic carbocycles. The molecule has 1 aliphatic heterocycles. The van der Waals surface area contributed by atoms with Crippen LogP contribution in [0, 0.1) is 17.8 Å². The van der Waals surface area contributed by atoms with Crippen molar-refractivity contribution in [3.05, 3.63) is 37.6 Å². The lowest BCUT2D eigenvalue weighted by Gasteiger charge is -2.66. The minimum atomic E-state index is -2.77. The molecule has 1 saturated heterocycles. The summed E-state index contributed by atoms with van der Waals surface area (Å²) in [6.45, 7) is 17.4. The van der Waals surface area contributed by atoms with Gasteiger partial charge in [0.2, 0.25) is 5.91 Å². The Morgan fingerprint density at radius 2 is 1.77 bits per heavy atom. The Labute approximate surface area is 181 Å². The maximum Gasteiger partial charge on any atom is 0.269 e. The summed E-state index contributed by atoms with van der Waals surface area (Å²) in [6, 6.07) is 0.0664. The maximum atomic E-state index is 13.9. The van der Waals surface area contributed by atoms with Gasteiger partial charge in [0, 0.05) is 45.8 Å². The van der Waals surface area contributed by atoms with Crippen molar-refractivity contribution in [2.24, 2.45) is 22.7 Å². The van der Waals surface area contributed by atoms with E-state index < -0.39 is 11.8 Å². The van der Waals surface area contributed by atoms with Gasteiger partial charge in [0.25, 0.3) is 5.92 Å². The van der Waals surface area contributed by atoms with Gasteiger partial charge in [-0.25, -0.2) is 13.8 Å². The number of hydrogen-bond donors (Lipinski definition) is 1. The summed E-state index contributed by atoms with van der Waals surface area (Å²) in [6.07, 6.45) is 6.62. The van der Waals surface area contributed by atoms with Crippen molar-refractivity contribution in [3.8, 4) is 0 Å². The normalized spacial score (nSPS) is 29.3. The third kappa shape index (κ3) is 4.66. The summed E-state index contributed by atoms with van der Waals surface area (Å²) >= 11 is 0. The molecule has 3 saturated carbocycles. The number of carbonyl (C=O) groups is 1. The fourth-order valence-electron chi connectivity index (χ4n) is 4.67. The number of halogens is 2. The van der Waals surface area contributed by atoms with Crippen LogP contribution in [0.2, 0.25) is 0 Å². The van der Waals surface area contributed by atoms with E-state index in [1.807, 2.05) is 33.8 Å². The lowest BCUT2D eigenvalue weighted by molar-refractivity contribution is -0.222. The van der Waals surface area contributed by atoms with E-state index in [9.17, 15) is 13.6 Å². The molecule has 1 N–H and O–H groups in total. The zero-order valence-electron chi connectivity index (χ0n) is 18.7. The highest BCUT2D eigenvalue weighted by Crippen LogP contribution is 2.64. The van der Waals surface area contributed by atoms with Crippen molar-refractivity contribution in [3.63, 3.8) is 0 Å². The minimum absolute atomic E-state index is 0. The third-order valence-electron chi connectivity index (χ3n) is 6.38. The van der Waals surface area contributed by atoms with E-state index in [4.69, 9.17) is 0 Å². The predicted molar refractivity (Wildman–Crippen MR) is 121 cm³/mol. The van der Waals surface area contributed by atoms with E-state index in [0.29, 0.717) is 26.2 Å². The van der Waals surface area contributed by atoms with Crippen molar-refractivity contribution < 1.29 is 15.0 Å². The number of amides is 1. The SMILES string of the molecule is C=CC(=O)N1CCN(C(=N/C=C\C)C(C)NC2C3CC2C3C(F)(F)C=C)CC1.CC.[HH]. The number of aliphatic imine (C=N–C) groups is 1. The number of allylic oxidation sites excluding steroid dienone is 2. The Morgan fingerprint density at radius 1 is 1.20 bits per heavy atom. The summed E-state index contributed by atoms with van der Waals surface area (Å²) in [7, 11) is 0. The van der Waals surface area contributed by atoms with Crippen LogP contribution in [0.25, 0.3) is 0 Å². The highest BCUT2D eigenvalue weighted by atomic mass is 19.3. The van der Waals surface area contributed by atoms with Crippen LogP contribution < -0.4 is 5.32 Å². The molecule has 0 aromatic heterocycles. The minimum Gasteiger partial charge on any atom is -0.355 e. The molecular formula is C23H38F2N4O. The van der Waals surface area contributed by atoms with Gasteiger partial charge in [0.15, 0.2) is 0 Å². The molecule has 0 radical (unpaired) electrons. The molecule has 170 valence electrons. The monoisotopic (exact) mass is 424 g/mol. The molecule has 4 fully saturated rings. The van der Waals surface area contributed by atoms with Crippen LogP contribution in [-0.2, 0) is 4.79 Å². The first kappa shape index (κ1) is 24.3. The van der Waals surface area contributed by atoms with Crippen LogP contribution >= 0.6 is 0 Å². The Kier molecular flexibility index (Phi) is 8.35. The average Bonchev–Trinajstić information content (AvgIpc) is 2.72. The second kappa shape index (κ2) is 10.3. The topological polar surface area (TPSA) is 47.9 Å². The van der Waals surface area contributed by atoms with E-state index in [0.717, 1.165) is 18.3 Å². The molecule has 4 aliphatic rings. The van der Waals surface area contributed by atoms with Gasteiger partial charge in [-0.2, -0.15) is 0 Å². The van der Waals surface area contributed by atoms with E-state index in [-0.39, 0.29) is 31.3 Å². The lowest BCUT2D eigenvalue weighted by Crippen LogP contribution is -2.74. The van der Waals surface area contributed by atoms with Crippen LogP contribution in [-0.4, -0.2) is 65.7 Å². The molecule has 30 heavy (non-hydrogen) atoms. The lowest BCUT2D eigenvalue weighted by atomic mass is 9.42. The van der Waals surface area contributed by atoms with Crippen LogP contribution in [0.1, 0.15) is 35.5 Å². The molecular weight excluding hydrogens is 386 g/mol. The molecule has 2 bridgehead atoms. The van der Waals surface area contributed by atoms with Crippen LogP contribution in [0.3, 0.4) is 0 Å². The summed E-state index contributed by atoms with van der Waals surface area (Å²) in [5, 5.41) is 3.52. The second-order valence-electron chi connectivity index (χ2n) is 7.87. The van der Waals surface area contributed by atoms with Crippen molar-refractivity contribution in [1.29, 1.82) is 0 Å². The van der Waals surface area contributed by atoms with E-state index in [2.05, 4.69) is 28.4 Å². The molecule has 3 unspecified atom stereocenters. The highest BCUT2D eigenvalue weighted by Gasteiger charge is 2.68. The van der Waals surface area contributed by atoms with Crippen LogP contribution in [0.4, 0.5) is 8.78 Å². The van der Waals surface area contributed by atoms with E-state index in [1.54, 1.807) is 11.1 Å². The van der Waals surface area contributed by atoms with Crippen molar-refractivity contribution >= 4 is 11.7 Å². The quantitative estimate of drug-likeness (QED) is 0.291. The van der Waals surface area contributed by atoms with E-state index >= 15 is 0 Å². The number of piperazine rings is 1. The molecule has 3 aliphatic carbocycles. The number of nitrogens with one attached hydrogen (secondary N) is 1. The van der Waals surface area contributed by atoms with Gasteiger partial charge in [0.1, 0.15) is 5.84 Å². The maximum absolute atomic E-state index is 13.9. The zero-order chi connectivity index (χ0) is 22.5. The summed E-state index contributed by atoms with van der Waals surface area (Å²) in [5.74, 6) is -2.50. The molecule has 5 nitrogen and oxygen atoms in total. The first-order chi connectivity index (χ1) is 14.3. The van der Waals surface area contributed by atoms with Crippen LogP contribution in [0.15, 0.2) is 42.6 Å². The summed E-state index contributed by atoms with van der Waals surface area (Å²) < 4.78 is 27.8. The van der Waals surface area contributed by atoms with Gasteiger partial charge < -0.3 is 15.1 Å². The van der Waals surface area contributed by atoms with Gasteiger partial charge in [-0.1, -0.05) is 33.1 Å². The van der Waals surface area contributed by atoms with Crippen molar-refractivity contribution in [1.82, 2.24) is 15.1 Å². The second-order valence-corrected chi connectivity index (χ2v) is 7.87. The number of amidine groups is 1. The standard InChI is InChI=1S/C21H30F2N4O.C2H6.H2/c1-5-8-24-20(27-11-9-26(10-12-27)17(28)6-2)14(4)25-19-15-13-16(19)18(15)21(22,23)7-3;1-2;/h5-8,14-16,18-19,25H,2-3,9-13H2,1,4H3;1-2H3;1H/b8-5-,24-20?;;. The van der Waals surface area contributed by atoms with Crippen molar-refractivity contribution in [2.75, 3.05) is 26.2 Å². The number of nitrogens with zero attached hydrogens (tertiary/aromatic N) is 3. The zero-order valence-corrected chi connectivity index (χ0v) is 18.7. The first-order valence-electron chi connectivity index (χ1n) is 11.0. The first-order valence-corrected chi connectivity index (χ1v) is 11.0. The molecule has 0 aromatic rings. The van der Waals surface area contributed by atoms with Gasteiger partial charge in [0.05, 0.1) is 6.04 Å². The van der Waals surface area contributed by atoms with Crippen LogP contribution in [0.5, 0.6) is 0 Å². The van der Waals surface area contributed by atoms with Gasteiger partial charge in [-0.3, -0.25) is 4.79 Å². The Bertz CT molecular complexity index is 679. The largest absolute Gasteiger partial charge is 0.355 e. The summed E-state index contributed by atoms with van der Waals surface area (Å²) in [5.41, 5.74) is 0.